The average Bonchev–Trinajstić information content (AvgIpc) is 2.39. The molecular formula is C15H20Br2N2. The molecule has 1 spiro atoms. The Morgan fingerprint density at radius 3 is 2.42 bits per heavy atom. The fourth-order valence-electron chi connectivity index (χ4n) is 3.50. The lowest BCUT2D eigenvalue weighted by molar-refractivity contribution is 0.216. The summed E-state index contributed by atoms with van der Waals surface area (Å²) in [5, 5.41) is 3.80. The van der Waals surface area contributed by atoms with E-state index in [4.69, 9.17) is 0 Å². The van der Waals surface area contributed by atoms with Gasteiger partial charge in [-0.2, -0.15) is 0 Å². The van der Waals surface area contributed by atoms with Crippen LogP contribution in [0.2, 0.25) is 0 Å². The van der Waals surface area contributed by atoms with Crippen molar-refractivity contribution < 1.29 is 0 Å². The van der Waals surface area contributed by atoms with E-state index in [0.717, 1.165) is 19.6 Å². The molecule has 1 N–H and O–H groups in total. The zero-order chi connectivity index (χ0) is 13.3. The number of hydrogen-bond acceptors (Lipinski definition) is 2. The minimum atomic E-state index is 0.352. The predicted octanol–water partition coefficient (Wildman–Crippen LogP) is 4.32. The predicted molar refractivity (Wildman–Crippen MR) is 87.9 cm³/mol. The van der Waals surface area contributed by atoms with Crippen LogP contribution in [0.4, 0.5) is 5.69 Å². The molecule has 1 aliphatic carbocycles. The molecule has 1 aromatic carbocycles. The van der Waals surface area contributed by atoms with Gasteiger partial charge in [0.1, 0.15) is 0 Å². The van der Waals surface area contributed by atoms with Crippen LogP contribution >= 0.6 is 31.9 Å². The molecule has 0 atom stereocenters. The fraction of sp³-hybridized carbons (Fsp3) is 0.600. The second-order valence-corrected chi connectivity index (χ2v) is 7.47. The Kier molecular flexibility index (Phi) is 4.20. The standard InChI is InChI=1S/C15H20Br2N2/c16-12-5-4-6-13(17)14(12)19-10-9-18-15(11-19)7-2-1-3-8-15/h4-6,18H,1-3,7-11H2. The number of benzene rings is 1. The molecule has 1 saturated heterocycles. The summed E-state index contributed by atoms with van der Waals surface area (Å²) in [6.07, 6.45) is 6.80. The normalized spacial score (nSPS) is 22.7. The van der Waals surface area contributed by atoms with Gasteiger partial charge in [0.2, 0.25) is 0 Å². The van der Waals surface area contributed by atoms with Gasteiger partial charge in [-0.25, -0.2) is 0 Å². The first-order chi connectivity index (χ1) is 9.20. The van der Waals surface area contributed by atoms with Crippen molar-refractivity contribution in [2.45, 2.75) is 37.6 Å². The Labute approximate surface area is 132 Å². The molecule has 0 aromatic heterocycles. The molecule has 2 aliphatic rings. The number of rotatable bonds is 1. The third-order valence-corrected chi connectivity index (χ3v) is 5.72. The molecule has 19 heavy (non-hydrogen) atoms. The van der Waals surface area contributed by atoms with E-state index < -0.39 is 0 Å². The van der Waals surface area contributed by atoms with Crippen molar-refractivity contribution in [3.63, 3.8) is 0 Å². The van der Waals surface area contributed by atoms with Crippen molar-refractivity contribution in [1.29, 1.82) is 0 Å². The second kappa shape index (κ2) is 5.74. The summed E-state index contributed by atoms with van der Waals surface area (Å²) >= 11 is 7.41. The molecule has 4 heteroatoms. The van der Waals surface area contributed by atoms with Gasteiger partial charge in [-0.15, -0.1) is 0 Å². The van der Waals surface area contributed by atoms with Crippen LogP contribution in [0.1, 0.15) is 32.1 Å². The number of para-hydroxylation sites is 1. The van der Waals surface area contributed by atoms with E-state index in [1.807, 2.05) is 0 Å². The molecule has 1 aromatic rings. The molecule has 1 saturated carbocycles. The molecule has 3 rings (SSSR count). The molecule has 0 unspecified atom stereocenters. The van der Waals surface area contributed by atoms with Gasteiger partial charge in [0.05, 0.1) is 5.69 Å². The van der Waals surface area contributed by atoms with Gasteiger partial charge in [0, 0.05) is 34.1 Å². The number of halogens is 2. The van der Waals surface area contributed by atoms with E-state index >= 15 is 0 Å². The summed E-state index contributed by atoms with van der Waals surface area (Å²) < 4.78 is 2.38. The van der Waals surface area contributed by atoms with E-state index in [1.54, 1.807) is 0 Å². The molecule has 1 aliphatic heterocycles. The summed E-state index contributed by atoms with van der Waals surface area (Å²) in [7, 11) is 0. The largest absolute Gasteiger partial charge is 0.367 e. The van der Waals surface area contributed by atoms with Crippen LogP contribution in [0.5, 0.6) is 0 Å². The Balaban J connectivity index is 1.85. The third-order valence-electron chi connectivity index (χ3n) is 4.44. The Morgan fingerprint density at radius 1 is 1.05 bits per heavy atom. The lowest BCUT2D eigenvalue weighted by atomic mass is 9.80. The topological polar surface area (TPSA) is 15.3 Å². The van der Waals surface area contributed by atoms with Crippen LogP contribution in [0.25, 0.3) is 0 Å². The summed E-state index contributed by atoms with van der Waals surface area (Å²) in [6.45, 7) is 3.31. The minimum Gasteiger partial charge on any atom is -0.367 e. The molecular weight excluding hydrogens is 368 g/mol. The smallest absolute Gasteiger partial charge is 0.0656 e. The van der Waals surface area contributed by atoms with Crippen molar-refractivity contribution in [3.8, 4) is 0 Å². The average molecular weight is 388 g/mol. The van der Waals surface area contributed by atoms with Crippen molar-refractivity contribution in [1.82, 2.24) is 5.32 Å². The first-order valence-electron chi connectivity index (χ1n) is 7.14. The maximum absolute atomic E-state index is 3.80. The number of nitrogens with one attached hydrogen (secondary N) is 1. The van der Waals surface area contributed by atoms with E-state index in [9.17, 15) is 0 Å². The summed E-state index contributed by atoms with van der Waals surface area (Å²) in [5.41, 5.74) is 1.67. The Morgan fingerprint density at radius 2 is 1.74 bits per heavy atom. The highest BCUT2D eigenvalue weighted by molar-refractivity contribution is 9.11. The lowest BCUT2D eigenvalue weighted by Crippen LogP contribution is -2.61. The molecule has 0 radical (unpaired) electrons. The zero-order valence-electron chi connectivity index (χ0n) is 11.1. The monoisotopic (exact) mass is 386 g/mol. The maximum atomic E-state index is 3.80. The molecule has 2 nitrogen and oxygen atoms in total. The van der Waals surface area contributed by atoms with E-state index in [1.165, 1.54) is 46.7 Å². The Hall–Kier alpha value is -0.0600. The number of piperazine rings is 1. The van der Waals surface area contributed by atoms with Gasteiger partial charge < -0.3 is 10.2 Å². The van der Waals surface area contributed by atoms with Crippen LogP contribution in [-0.2, 0) is 0 Å². The van der Waals surface area contributed by atoms with Crippen LogP contribution in [0.3, 0.4) is 0 Å². The van der Waals surface area contributed by atoms with Crippen molar-refractivity contribution >= 4 is 37.5 Å². The maximum Gasteiger partial charge on any atom is 0.0656 e. The van der Waals surface area contributed by atoms with Crippen molar-refractivity contribution in [2.24, 2.45) is 0 Å². The zero-order valence-corrected chi connectivity index (χ0v) is 14.3. The van der Waals surface area contributed by atoms with E-state index in [2.05, 4.69) is 60.3 Å². The third kappa shape index (κ3) is 2.86. The molecule has 104 valence electrons. The van der Waals surface area contributed by atoms with Crippen molar-refractivity contribution in [3.05, 3.63) is 27.1 Å². The summed E-state index contributed by atoms with van der Waals surface area (Å²) in [6, 6.07) is 6.35. The van der Waals surface area contributed by atoms with Crippen LogP contribution in [-0.4, -0.2) is 25.2 Å². The highest BCUT2D eigenvalue weighted by Gasteiger charge is 2.36. The molecule has 0 amide bonds. The van der Waals surface area contributed by atoms with Gasteiger partial charge in [-0.3, -0.25) is 0 Å². The van der Waals surface area contributed by atoms with Crippen LogP contribution in [0.15, 0.2) is 27.1 Å². The highest BCUT2D eigenvalue weighted by Crippen LogP contribution is 2.38. The van der Waals surface area contributed by atoms with Gasteiger partial charge in [0.25, 0.3) is 0 Å². The van der Waals surface area contributed by atoms with Crippen LogP contribution in [0, 0.1) is 0 Å². The molecule has 0 bridgehead atoms. The fourth-order valence-corrected chi connectivity index (χ4v) is 5.00. The number of anilines is 1. The van der Waals surface area contributed by atoms with Gasteiger partial charge in [0.15, 0.2) is 0 Å². The quantitative estimate of drug-likeness (QED) is 0.771. The minimum absolute atomic E-state index is 0.352. The first-order valence-corrected chi connectivity index (χ1v) is 8.73. The molecule has 2 fully saturated rings. The number of hydrogen-bond donors (Lipinski definition) is 1. The first kappa shape index (κ1) is 13.9. The van der Waals surface area contributed by atoms with Crippen LogP contribution < -0.4 is 10.2 Å². The lowest BCUT2D eigenvalue weighted by Gasteiger charge is -2.47. The summed E-state index contributed by atoms with van der Waals surface area (Å²) in [5.74, 6) is 0. The van der Waals surface area contributed by atoms with Crippen molar-refractivity contribution in [2.75, 3.05) is 24.5 Å². The van der Waals surface area contributed by atoms with Gasteiger partial charge in [-0.1, -0.05) is 25.3 Å². The highest BCUT2D eigenvalue weighted by atomic mass is 79.9. The van der Waals surface area contributed by atoms with Gasteiger partial charge in [-0.05, 0) is 56.8 Å². The van der Waals surface area contributed by atoms with E-state index in [-0.39, 0.29) is 0 Å². The molecule has 1 heterocycles. The number of nitrogens with zero attached hydrogens (tertiary/aromatic N) is 1. The van der Waals surface area contributed by atoms with Gasteiger partial charge >= 0.3 is 0 Å². The second-order valence-electron chi connectivity index (χ2n) is 5.76. The Bertz CT molecular complexity index is 430. The van der Waals surface area contributed by atoms with E-state index in [0.29, 0.717) is 5.54 Å². The SMILES string of the molecule is Brc1cccc(Br)c1N1CCNC2(CCCCC2)C1. The summed E-state index contributed by atoms with van der Waals surface area (Å²) in [4.78, 5) is 2.54.